The summed E-state index contributed by atoms with van der Waals surface area (Å²) >= 11 is 1.61. The Morgan fingerprint density at radius 1 is 1.32 bits per heavy atom. The van der Waals surface area contributed by atoms with E-state index in [1.54, 1.807) is 46.2 Å². The molecule has 0 aromatic carbocycles. The second kappa shape index (κ2) is 6.46. The van der Waals surface area contributed by atoms with E-state index in [2.05, 4.69) is 20.5 Å². The van der Waals surface area contributed by atoms with Gasteiger partial charge in [0.15, 0.2) is 5.65 Å². The maximum atomic E-state index is 12.6. The topological polar surface area (TPSA) is 86.3 Å². The number of hydrogen-bond acceptors (Lipinski definition) is 6. The zero-order valence-corrected chi connectivity index (χ0v) is 14.1. The van der Waals surface area contributed by atoms with Gasteiger partial charge in [-0.1, -0.05) is 6.07 Å². The number of methoxy groups -OCH3 is 1. The molecule has 0 spiro atoms. The minimum absolute atomic E-state index is 0.289. The fourth-order valence-electron chi connectivity index (χ4n) is 2.49. The standard InChI is InChI=1S/C16H14N6O2S/c1-24-10-21-9-11(7-18-21)20-16(23)12-8-19-22-13(4-5-17-15(12)22)14-3-2-6-25-14/h2-9H,10H2,1H3,(H,20,23). The van der Waals surface area contributed by atoms with Crippen LogP contribution < -0.4 is 5.32 Å². The van der Waals surface area contributed by atoms with Crippen LogP contribution in [0.1, 0.15) is 10.4 Å². The Hall–Kier alpha value is -3.04. The molecule has 0 aliphatic carbocycles. The predicted octanol–water partition coefficient (Wildman–Crippen LogP) is 2.51. The number of thiophene rings is 1. The Morgan fingerprint density at radius 2 is 2.24 bits per heavy atom. The van der Waals surface area contributed by atoms with Gasteiger partial charge in [0.2, 0.25) is 0 Å². The number of rotatable bonds is 5. The summed E-state index contributed by atoms with van der Waals surface area (Å²) in [5.74, 6) is -0.289. The first-order chi connectivity index (χ1) is 12.3. The van der Waals surface area contributed by atoms with Crippen LogP contribution in [0.5, 0.6) is 0 Å². The van der Waals surface area contributed by atoms with Crippen molar-refractivity contribution in [1.29, 1.82) is 0 Å². The number of carbonyl (C=O) groups is 1. The summed E-state index contributed by atoms with van der Waals surface area (Å²) in [6.07, 6.45) is 6.46. The zero-order chi connectivity index (χ0) is 17.2. The lowest BCUT2D eigenvalue weighted by molar-refractivity contribution is 0.102. The van der Waals surface area contributed by atoms with Crippen molar-refractivity contribution in [3.63, 3.8) is 0 Å². The number of anilines is 1. The van der Waals surface area contributed by atoms with Gasteiger partial charge in [0.1, 0.15) is 12.3 Å². The van der Waals surface area contributed by atoms with Crippen LogP contribution in [-0.4, -0.2) is 37.4 Å². The van der Waals surface area contributed by atoms with E-state index >= 15 is 0 Å². The molecule has 0 fully saturated rings. The Morgan fingerprint density at radius 3 is 3.04 bits per heavy atom. The second-order valence-electron chi connectivity index (χ2n) is 5.24. The van der Waals surface area contributed by atoms with Crippen molar-refractivity contribution >= 4 is 28.6 Å². The minimum Gasteiger partial charge on any atom is -0.362 e. The molecule has 9 heteroatoms. The molecule has 0 bridgehead atoms. The maximum Gasteiger partial charge on any atom is 0.261 e. The molecular weight excluding hydrogens is 340 g/mol. The first-order valence-corrected chi connectivity index (χ1v) is 8.33. The van der Waals surface area contributed by atoms with Crippen molar-refractivity contribution in [3.8, 4) is 10.6 Å². The number of amides is 1. The molecular formula is C16H14N6O2S. The van der Waals surface area contributed by atoms with E-state index < -0.39 is 0 Å². The smallest absolute Gasteiger partial charge is 0.261 e. The van der Waals surface area contributed by atoms with Crippen LogP contribution in [0.2, 0.25) is 0 Å². The monoisotopic (exact) mass is 354 g/mol. The number of hydrogen-bond donors (Lipinski definition) is 1. The molecule has 4 aromatic rings. The molecule has 0 radical (unpaired) electrons. The lowest BCUT2D eigenvalue weighted by Gasteiger charge is -2.03. The highest BCUT2D eigenvalue weighted by Gasteiger charge is 2.17. The molecule has 0 saturated heterocycles. The molecule has 8 nitrogen and oxygen atoms in total. The highest BCUT2D eigenvalue weighted by atomic mass is 32.1. The van der Waals surface area contributed by atoms with Gasteiger partial charge in [-0.05, 0) is 17.5 Å². The number of ether oxygens (including phenoxy) is 1. The summed E-state index contributed by atoms with van der Waals surface area (Å²) in [7, 11) is 1.58. The number of nitrogens with one attached hydrogen (secondary N) is 1. The summed E-state index contributed by atoms with van der Waals surface area (Å²) < 4.78 is 8.25. The first-order valence-electron chi connectivity index (χ1n) is 7.45. The molecule has 0 unspecified atom stereocenters. The summed E-state index contributed by atoms with van der Waals surface area (Å²) in [5.41, 5.74) is 2.38. The van der Waals surface area contributed by atoms with Gasteiger partial charge >= 0.3 is 0 Å². The molecule has 4 rings (SSSR count). The van der Waals surface area contributed by atoms with Gasteiger partial charge in [-0.25, -0.2) is 14.2 Å². The van der Waals surface area contributed by atoms with Gasteiger partial charge in [0, 0.05) is 13.3 Å². The molecule has 1 N–H and O–H groups in total. The third kappa shape index (κ3) is 2.90. The molecule has 0 aliphatic heterocycles. The molecule has 0 aliphatic rings. The van der Waals surface area contributed by atoms with Crippen molar-refractivity contribution < 1.29 is 9.53 Å². The molecule has 0 atom stereocenters. The van der Waals surface area contributed by atoms with E-state index in [0.29, 0.717) is 23.6 Å². The van der Waals surface area contributed by atoms with Gasteiger partial charge < -0.3 is 10.1 Å². The van der Waals surface area contributed by atoms with Crippen molar-refractivity contribution in [2.45, 2.75) is 6.73 Å². The van der Waals surface area contributed by atoms with Crippen LogP contribution in [0.25, 0.3) is 16.2 Å². The molecule has 0 saturated carbocycles. The van der Waals surface area contributed by atoms with Gasteiger partial charge in [-0.2, -0.15) is 10.2 Å². The van der Waals surface area contributed by atoms with Crippen molar-refractivity contribution in [1.82, 2.24) is 24.4 Å². The van der Waals surface area contributed by atoms with Crippen LogP contribution >= 0.6 is 11.3 Å². The average Bonchev–Trinajstić information content (AvgIpc) is 3.35. The van der Waals surface area contributed by atoms with Gasteiger partial charge in [-0.3, -0.25) is 4.79 Å². The van der Waals surface area contributed by atoms with Crippen molar-refractivity contribution in [3.05, 3.63) is 53.9 Å². The fourth-order valence-corrected chi connectivity index (χ4v) is 3.23. The van der Waals surface area contributed by atoms with E-state index in [1.165, 1.54) is 6.20 Å². The quantitative estimate of drug-likeness (QED) is 0.595. The summed E-state index contributed by atoms with van der Waals surface area (Å²) in [4.78, 5) is 18.0. The lowest BCUT2D eigenvalue weighted by Crippen LogP contribution is -2.11. The Bertz CT molecular complexity index is 1020. The van der Waals surface area contributed by atoms with Crippen LogP contribution in [0.3, 0.4) is 0 Å². The molecule has 4 heterocycles. The van der Waals surface area contributed by atoms with E-state index in [4.69, 9.17) is 4.74 Å². The van der Waals surface area contributed by atoms with E-state index in [1.807, 2.05) is 23.6 Å². The average molecular weight is 354 g/mol. The summed E-state index contributed by atoms with van der Waals surface area (Å²) in [5, 5.41) is 13.2. The predicted molar refractivity (Wildman–Crippen MR) is 93.5 cm³/mol. The van der Waals surface area contributed by atoms with Gasteiger partial charge in [0.05, 0.1) is 34.8 Å². The second-order valence-corrected chi connectivity index (χ2v) is 6.19. The van der Waals surface area contributed by atoms with Crippen LogP contribution in [0, 0.1) is 0 Å². The highest BCUT2D eigenvalue weighted by Crippen LogP contribution is 2.25. The van der Waals surface area contributed by atoms with Gasteiger partial charge in [-0.15, -0.1) is 11.3 Å². The first kappa shape index (κ1) is 15.5. The molecule has 4 aromatic heterocycles. The van der Waals surface area contributed by atoms with Crippen LogP contribution in [0.4, 0.5) is 5.69 Å². The molecule has 126 valence electrons. The fraction of sp³-hybridized carbons (Fsp3) is 0.125. The van der Waals surface area contributed by atoms with Gasteiger partial charge in [0.25, 0.3) is 5.91 Å². The largest absolute Gasteiger partial charge is 0.362 e. The normalized spacial score (nSPS) is 11.1. The van der Waals surface area contributed by atoms with E-state index in [-0.39, 0.29) is 5.91 Å². The summed E-state index contributed by atoms with van der Waals surface area (Å²) in [6.45, 7) is 0.318. The summed E-state index contributed by atoms with van der Waals surface area (Å²) in [6, 6.07) is 5.86. The third-order valence-electron chi connectivity index (χ3n) is 3.57. The van der Waals surface area contributed by atoms with E-state index in [9.17, 15) is 4.79 Å². The molecule has 25 heavy (non-hydrogen) atoms. The number of nitrogens with zero attached hydrogens (tertiary/aromatic N) is 5. The number of aromatic nitrogens is 5. The highest BCUT2D eigenvalue weighted by molar-refractivity contribution is 7.13. The lowest BCUT2D eigenvalue weighted by atomic mass is 10.3. The Kier molecular flexibility index (Phi) is 4.00. The van der Waals surface area contributed by atoms with Crippen molar-refractivity contribution in [2.24, 2.45) is 0 Å². The Balaban J connectivity index is 1.65. The number of fused-ring (bicyclic) bond motifs is 1. The maximum absolute atomic E-state index is 12.6. The number of carbonyl (C=O) groups excluding carboxylic acids is 1. The van der Waals surface area contributed by atoms with Crippen LogP contribution in [0.15, 0.2) is 48.4 Å². The third-order valence-corrected chi connectivity index (χ3v) is 4.46. The van der Waals surface area contributed by atoms with E-state index in [0.717, 1.165) is 10.6 Å². The zero-order valence-electron chi connectivity index (χ0n) is 13.3. The Labute approximate surface area is 146 Å². The van der Waals surface area contributed by atoms with Crippen molar-refractivity contribution in [2.75, 3.05) is 12.4 Å². The minimum atomic E-state index is -0.289. The van der Waals surface area contributed by atoms with Crippen LogP contribution in [-0.2, 0) is 11.5 Å². The SMILES string of the molecule is COCn1cc(NC(=O)c2cnn3c(-c4cccs4)ccnc23)cn1. The molecule has 1 amide bonds.